The summed E-state index contributed by atoms with van der Waals surface area (Å²) in [6.07, 6.45) is 5.93. The van der Waals surface area contributed by atoms with Crippen LogP contribution in [0.2, 0.25) is 0 Å². The van der Waals surface area contributed by atoms with Gasteiger partial charge in [-0.3, -0.25) is 0 Å². The van der Waals surface area contributed by atoms with Crippen LogP contribution in [0.1, 0.15) is 29.9 Å². The summed E-state index contributed by atoms with van der Waals surface area (Å²) in [4.78, 5) is 4.68. The fraction of sp³-hybridized carbons (Fsp3) is 0.263. The van der Waals surface area contributed by atoms with Crippen LogP contribution in [-0.2, 0) is 19.4 Å². The molecular formula is C19H17FN2OS. The summed E-state index contributed by atoms with van der Waals surface area (Å²) >= 11 is 5.54. The van der Waals surface area contributed by atoms with Gasteiger partial charge in [0.25, 0.3) is 0 Å². The molecule has 4 rings (SSSR count). The second kappa shape index (κ2) is 6.32. The van der Waals surface area contributed by atoms with Crippen LogP contribution in [0.25, 0.3) is 11.4 Å². The van der Waals surface area contributed by atoms with E-state index in [1.54, 1.807) is 18.4 Å². The van der Waals surface area contributed by atoms with Crippen molar-refractivity contribution < 1.29 is 8.81 Å². The third-order valence-corrected chi connectivity index (χ3v) is 4.82. The SMILES string of the molecule is Fc1ccc(-c2nc(=S)c3c(n2Cc2ccco2)CCCC3)cc1. The predicted octanol–water partition coefficient (Wildman–Crippen LogP) is 4.94. The van der Waals surface area contributed by atoms with E-state index in [2.05, 4.69) is 9.55 Å². The average Bonchev–Trinajstić information content (AvgIpc) is 3.11. The Morgan fingerprint density at radius 3 is 2.67 bits per heavy atom. The van der Waals surface area contributed by atoms with Crippen LogP contribution in [0.3, 0.4) is 0 Å². The highest BCUT2D eigenvalue weighted by Gasteiger charge is 2.20. The number of fused-ring (bicyclic) bond motifs is 1. The Hall–Kier alpha value is -2.27. The Morgan fingerprint density at radius 1 is 1.12 bits per heavy atom. The minimum atomic E-state index is -0.257. The molecule has 0 saturated heterocycles. The quantitative estimate of drug-likeness (QED) is 0.633. The normalized spacial score (nSPS) is 13.7. The van der Waals surface area contributed by atoms with Crippen LogP contribution in [-0.4, -0.2) is 9.55 Å². The largest absolute Gasteiger partial charge is 0.467 e. The van der Waals surface area contributed by atoms with Gasteiger partial charge in [-0.1, -0.05) is 12.2 Å². The highest BCUT2D eigenvalue weighted by Crippen LogP contribution is 2.28. The summed E-state index contributed by atoms with van der Waals surface area (Å²) in [7, 11) is 0. The maximum absolute atomic E-state index is 13.3. The van der Waals surface area contributed by atoms with Crippen LogP contribution >= 0.6 is 12.2 Å². The van der Waals surface area contributed by atoms with Crippen molar-refractivity contribution in [3.05, 3.63) is 70.1 Å². The summed E-state index contributed by atoms with van der Waals surface area (Å²) < 4.78 is 21.7. The zero-order valence-electron chi connectivity index (χ0n) is 13.2. The molecule has 24 heavy (non-hydrogen) atoms. The molecule has 0 unspecified atom stereocenters. The number of hydrogen-bond donors (Lipinski definition) is 0. The number of aromatic nitrogens is 2. The first-order chi connectivity index (χ1) is 11.7. The van der Waals surface area contributed by atoms with Gasteiger partial charge in [0.05, 0.1) is 12.8 Å². The summed E-state index contributed by atoms with van der Waals surface area (Å²) in [5.74, 6) is 1.39. The molecule has 1 aromatic carbocycles. The van der Waals surface area contributed by atoms with Crippen molar-refractivity contribution >= 4 is 12.2 Å². The zero-order chi connectivity index (χ0) is 16.5. The minimum absolute atomic E-state index is 0.257. The molecule has 1 aliphatic rings. The van der Waals surface area contributed by atoms with E-state index in [0.717, 1.165) is 42.8 Å². The van der Waals surface area contributed by atoms with Gasteiger partial charge in [-0.25, -0.2) is 9.37 Å². The van der Waals surface area contributed by atoms with Crippen molar-refractivity contribution in [1.82, 2.24) is 9.55 Å². The van der Waals surface area contributed by atoms with Crippen molar-refractivity contribution in [3.63, 3.8) is 0 Å². The third kappa shape index (κ3) is 2.80. The van der Waals surface area contributed by atoms with Crippen LogP contribution in [0.15, 0.2) is 47.1 Å². The number of furan rings is 1. The Bertz CT molecular complexity index is 914. The molecule has 3 nitrogen and oxygen atoms in total. The Balaban J connectivity index is 1.92. The number of nitrogens with zero attached hydrogens (tertiary/aromatic N) is 2. The van der Waals surface area contributed by atoms with E-state index in [9.17, 15) is 4.39 Å². The average molecular weight is 340 g/mol. The van der Waals surface area contributed by atoms with Crippen molar-refractivity contribution in [3.8, 4) is 11.4 Å². The van der Waals surface area contributed by atoms with Crippen LogP contribution in [0.5, 0.6) is 0 Å². The van der Waals surface area contributed by atoms with E-state index in [-0.39, 0.29) is 5.82 Å². The molecule has 3 aromatic rings. The van der Waals surface area contributed by atoms with Crippen LogP contribution < -0.4 is 0 Å². The van der Waals surface area contributed by atoms with Crippen molar-refractivity contribution in [1.29, 1.82) is 0 Å². The summed E-state index contributed by atoms with van der Waals surface area (Å²) in [5.41, 5.74) is 3.27. The lowest BCUT2D eigenvalue weighted by Gasteiger charge is -2.24. The topological polar surface area (TPSA) is 31.0 Å². The molecule has 0 saturated carbocycles. The van der Waals surface area contributed by atoms with Gasteiger partial charge in [-0.05, 0) is 62.1 Å². The van der Waals surface area contributed by atoms with Gasteiger partial charge < -0.3 is 8.98 Å². The Morgan fingerprint density at radius 2 is 1.92 bits per heavy atom. The van der Waals surface area contributed by atoms with Gasteiger partial charge in [-0.2, -0.15) is 0 Å². The van der Waals surface area contributed by atoms with E-state index in [1.165, 1.54) is 23.4 Å². The molecule has 1 aliphatic carbocycles. The molecule has 0 N–H and O–H groups in total. The van der Waals surface area contributed by atoms with Gasteiger partial charge in [0.15, 0.2) is 0 Å². The fourth-order valence-corrected chi connectivity index (χ4v) is 3.62. The van der Waals surface area contributed by atoms with Gasteiger partial charge in [0.1, 0.15) is 22.0 Å². The summed E-state index contributed by atoms with van der Waals surface area (Å²) in [5, 5.41) is 0. The van der Waals surface area contributed by atoms with Gasteiger partial charge in [0, 0.05) is 16.8 Å². The second-order valence-electron chi connectivity index (χ2n) is 6.05. The van der Waals surface area contributed by atoms with Gasteiger partial charge in [-0.15, -0.1) is 0 Å². The number of halogens is 1. The van der Waals surface area contributed by atoms with E-state index >= 15 is 0 Å². The lowest BCUT2D eigenvalue weighted by Crippen LogP contribution is -2.18. The van der Waals surface area contributed by atoms with Crippen LogP contribution in [0, 0.1) is 10.5 Å². The first-order valence-corrected chi connectivity index (χ1v) is 8.54. The monoisotopic (exact) mass is 340 g/mol. The highest BCUT2D eigenvalue weighted by molar-refractivity contribution is 7.71. The summed E-state index contributed by atoms with van der Waals surface area (Å²) in [6.45, 7) is 0.602. The standard InChI is InChI=1S/C19H17FN2OS/c20-14-9-7-13(8-10-14)18-21-19(24)16-5-1-2-6-17(16)22(18)12-15-4-3-11-23-15/h3-4,7-11H,1-2,5-6,12H2. The Kier molecular flexibility index (Phi) is 4.02. The number of benzene rings is 1. The first-order valence-electron chi connectivity index (χ1n) is 8.13. The molecule has 0 atom stereocenters. The van der Waals surface area contributed by atoms with Gasteiger partial charge in [0.2, 0.25) is 0 Å². The first kappa shape index (κ1) is 15.3. The third-order valence-electron chi connectivity index (χ3n) is 4.48. The Labute approximate surface area is 144 Å². The molecule has 0 radical (unpaired) electrons. The molecule has 0 bridgehead atoms. The fourth-order valence-electron chi connectivity index (χ4n) is 3.32. The maximum Gasteiger partial charge on any atom is 0.142 e. The minimum Gasteiger partial charge on any atom is -0.467 e. The maximum atomic E-state index is 13.3. The lowest BCUT2D eigenvalue weighted by molar-refractivity contribution is 0.482. The molecule has 122 valence electrons. The molecule has 0 amide bonds. The number of hydrogen-bond acceptors (Lipinski definition) is 3. The van der Waals surface area contributed by atoms with Crippen LogP contribution in [0.4, 0.5) is 4.39 Å². The van der Waals surface area contributed by atoms with E-state index < -0.39 is 0 Å². The highest BCUT2D eigenvalue weighted by atomic mass is 32.1. The lowest BCUT2D eigenvalue weighted by atomic mass is 9.96. The van der Waals surface area contributed by atoms with E-state index in [0.29, 0.717) is 11.2 Å². The molecule has 5 heteroatoms. The number of rotatable bonds is 3. The predicted molar refractivity (Wildman–Crippen MR) is 92.9 cm³/mol. The molecule has 2 heterocycles. The van der Waals surface area contributed by atoms with E-state index in [1.807, 2.05) is 12.1 Å². The molecule has 0 aliphatic heterocycles. The molecule has 2 aromatic heterocycles. The van der Waals surface area contributed by atoms with Crippen molar-refractivity contribution in [2.24, 2.45) is 0 Å². The molecular weight excluding hydrogens is 323 g/mol. The second-order valence-corrected chi connectivity index (χ2v) is 6.43. The zero-order valence-corrected chi connectivity index (χ0v) is 14.0. The molecule has 0 spiro atoms. The smallest absolute Gasteiger partial charge is 0.142 e. The molecule has 0 fully saturated rings. The van der Waals surface area contributed by atoms with Gasteiger partial charge >= 0.3 is 0 Å². The van der Waals surface area contributed by atoms with Crippen molar-refractivity contribution in [2.45, 2.75) is 32.2 Å². The van der Waals surface area contributed by atoms with Crippen molar-refractivity contribution in [2.75, 3.05) is 0 Å². The van der Waals surface area contributed by atoms with E-state index in [4.69, 9.17) is 16.6 Å². The summed E-state index contributed by atoms with van der Waals surface area (Å²) in [6, 6.07) is 10.3.